The lowest BCUT2D eigenvalue weighted by Gasteiger charge is -2.25. The van der Waals surface area contributed by atoms with Crippen molar-refractivity contribution >= 4 is 27.3 Å². The van der Waals surface area contributed by atoms with Crippen LogP contribution in [-0.4, -0.2) is 41.5 Å². The van der Waals surface area contributed by atoms with E-state index in [1.807, 2.05) is 0 Å². The fourth-order valence-electron chi connectivity index (χ4n) is 3.10. The number of rotatable bonds is 3. The summed E-state index contributed by atoms with van der Waals surface area (Å²) in [5.74, 6) is 3.19. The van der Waals surface area contributed by atoms with E-state index in [2.05, 4.69) is 0 Å². The summed E-state index contributed by atoms with van der Waals surface area (Å²) in [5.41, 5.74) is -5.65. The molecule has 0 radical (unpaired) electrons. The molecule has 2 atom stereocenters. The van der Waals surface area contributed by atoms with Crippen molar-refractivity contribution in [1.82, 2.24) is 0 Å². The Bertz CT molecular complexity index is 445. The van der Waals surface area contributed by atoms with Crippen molar-refractivity contribution in [3.8, 4) is 0 Å². The van der Waals surface area contributed by atoms with E-state index in [-0.39, 0.29) is 0 Å². The van der Waals surface area contributed by atoms with E-state index in [1.54, 1.807) is 0 Å². The molecule has 0 bridgehead atoms. The van der Waals surface area contributed by atoms with Gasteiger partial charge in [0.2, 0.25) is 0 Å². The molecule has 2 rings (SSSR count). The van der Waals surface area contributed by atoms with Crippen molar-refractivity contribution in [3.63, 3.8) is 0 Å². The molecule has 1 saturated heterocycles. The second kappa shape index (κ2) is 8.54. The first-order chi connectivity index (χ1) is 10.2. The Balaban J connectivity index is 0.000000261. The SMILES string of the molecule is O=CC[S+]1CCCC1C1CCCCC1.O=S(=O)([O-])C(F)(F)F. The van der Waals surface area contributed by atoms with Crippen molar-refractivity contribution < 1.29 is 30.9 Å². The van der Waals surface area contributed by atoms with Gasteiger partial charge in [-0.05, 0) is 36.6 Å². The summed E-state index contributed by atoms with van der Waals surface area (Å²) < 4.78 is 58.9. The largest absolute Gasteiger partial charge is 0.741 e. The molecule has 2 aliphatic rings. The van der Waals surface area contributed by atoms with Crippen molar-refractivity contribution in [1.29, 1.82) is 0 Å². The van der Waals surface area contributed by atoms with Gasteiger partial charge in [0.25, 0.3) is 0 Å². The average molecular weight is 362 g/mol. The first-order valence-electron chi connectivity index (χ1n) is 7.29. The molecule has 2 fully saturated rings. The fraction of sp³-hybridized carbons (Fsp3) is 0.923. The topological polar surface area (TPSA) is 74.3 Å². The maximum absolute atomic E-state index is 10.7. The lowest BCUT2D eigenvalue weighted by Crippen LogP contribution is -2.30. The maximum atomic E-state index is 10.7. The number of halogens is 3. The molecule has 2 unspecified atom stereocenters. The highest BCUT2D eigenvalue weighted by atomic mass is 32.2. The van der Waals surface area contributed by atoms with Crippen LogP contribution in [-0.2, 0) is 25.8 Å². The zero-order chi connectivity index (χ0) is 16.8. The molecule has 0 aromatic carbocycles. The quantitative estimate of drug-likeness (QED) is 0.335. The molecule has 0 aromatic heterocycles. The predicted molar refractivity (Wildman–Crippen MR) is 78.5 cm³/mol. The van der Waals surface area contributed by atoms with E-state index >= 15 is 0 Å². The van der Waals surface area contributed by atoms with E-state index in [4.69, 9.17) is 13.0 Å². The number of hydrogen-bond acceptors (Lipinski definition) is 4. The minimum absolute atomic E-state index is 0.469. The molecular formula is C13H21F3O4S2. The smallest absolute Gasteiger partial charge is 0.485 e. The second-order valence-electron chi connectivity index (χ2n) is 5.55. The van der Waals surface area contributed by atoms with E-state index < -0.39 is 15.6 Å². The number of carbonyl (C=O) groups excluding carboxylic acids is 1. The molecule has 0 aromatic rings. The van der Waals surface area contributed by atoms with Crippen LogP contribution in [0.5, 0.6) is 0 Å². The van der Waals surface area contributed by atoms with Gasteiger partial charge in [-0.2, -0.15) is 13.2 Å². The van der Waals surface area contributed by atoms with E-state index in [0.29, 0.717) is 10.9 Å². The summed E-state index contributed by atoms with van der Waals surface area (Å²) in [6, 6.07) is 0. The Kier molecular flexibility index (Phi) is 7.67. The minimum Gasteiger partial charge on any atom is -0.741 e. The summed E-state index contributed by atoms with van der Waals surface area (Å²) in [6.45, 7) is 0. The van der Waals surface area contributed by atoms with Gasteiger partial charge >= 0.3 is 5.51 Å². The van der Waals surface area contributed by atoms with Gasteiger partial charge in [-0.1, -0.05) is 19.3 Å². The number of aldehydes is 1. The highest BCUT2D eigenvalue weighted by Gasteiger charge is 2.41. The third kappa shape index (κ3) is 6.08. The minimum atomic E-state index is -6.09. The Morgan fingerprint density at radius 1 is 1.09 bits per heavy atom. The van der Waals surface area contributed by atoms with Gasteiger partial charge in [0.15, 0.2) is 22.2 Å². The number of hydrogen-bond donors (Lipinski definition) is 0. The van der Waals surface area contributed by atoms with Crippen LogP contribution in [0.2, 0.25) is 0 Å². The molecule has 1 aliphatic carbocycles. The Morgan fingerprint density at radius 2 is 1.64 bits per heavy atom. The van der Waals surface area contributed by atoms with Crippen molar-refractivity contribution in [2.45, 2.75) is 55.7 Å². The third-order valence-electron chi connectivity index (χ3n) is 4.06. The summed E-state index contributed by atoms with van der Waals surface area (Å²) >= 11 is 0. The molecule has 0 amide bonds. The standard InChI is InChI=1S/C12H21OS.CHF3O3S/c13-8-10-14-9-4-7-12(14)11-5-2-1-3-6-11;2-1(3,4)8(5,6)7/h8,11-12H,1-7,9-10H2;(H,5,6,7)/q+1;/p-1. The van der Waals surface area contributed by atoms with Crippen LogP contribution in [0.4, 0.5) is 13.2 Å². The van der Waals surface area contributed by atoms with Crippen molar-refractivity contribution in [3.05, 3.63) is 0 Å². The second-order valence-corrected chi connectivity index (χ2v) is 9.35. The Labute approximate surface area is 131 Å². The molecule has 130 valence electrons. The molecule has 1 heterocycles. The van der Waals surface area contributed by atoms with Crippen molar-refractivity contribution in [2.24, 2.45) is 5.92 Å². The van der Waals surface area contributed by atoms with Crippen LogP contribution in [0.3, 0.4) is 0 Å². The number of carbonyl (C=O) groups is 1. The lowest BCUT2D eigenvalue weighted by atomic mass is 9.85. The van der Waals surface area contributed by atoms with Crippen LogP contribution in [0.1, 0.15) is 44.9 Å². The first kappa shape index (κ1) is 19.8. The molecule has 0 spiro atoms. The van der Waals surface area contributed by atoms with Crippen LogP contribution in [0, 0.1) is 5.92 Å². The Morgan fingerprint density at radius 3 is 2.09 bits per heavy atom. The van der Waals surface area contributed by atoms with Crippen LogP contribution in [0.15, 0.2) is 0 Å². The zero-order valence-electron chi connectivity index (χ0n) is 12.2. The van der Waals surface area contributed by atoms with Gasteiger partial charge in [-0.15, -0.1) is 0 Å². The highest BCUT2D eigenvalue weighted by Crippen LogP contribution is 2.36. The normalized spacial score (nSPS) is 27.1. The molecule has 9 heteroatoms. The lowest BCUT2D eigenvalue weighted by molar-refractivity contribution is -0.105. The molecule has 1 saturated carbocycles. The monoisotopic (exact) mass is 362 g/mol. The van der Waals surface area contributed by atoms with Gasteiger partial charge in [0.1, 0.15) is 11.0 Å². The van der Waals surface area contributed by atoms with Gasteiger partial charge in [0.05, 0.1) is 0 Å². The van der Waals surface area contributed by atoms with Gasteiger partial charge in [-0.3, -0.25) is 4.79 Å². The fourth-order valence-corrected chi connectivity index (χ4v) is 5.84. The van der Waals surface area contributed by atoms with Crippen molar-refractivity contribution in [2.75, 3.05) is 11.5 Å². The molecule has 0 N–H and O–H groups in total. The predicted octanol–water partition coefficient (Wildman–Crippen LogP) is 2.60. The van der Waals surface area contributed by atoms with E-state index in [0.717, 1.165) is 23.2 Å². The molecule has 1 aliphatic heterocycles. The van der Waals surface area contributed by atoms with Crippen LogP contribution in [0.25, 0.3) is 0 Å². The van der Waals surface area contributed by atoms with E-state index in [9.17, 15) is 18.0 Å². The van der Waals surface area contributed by atoms with Gasteiger partial charge in [0, 0.05) is 5.92 Å². The van der Waals surface area contributed by atoms with Gasteiger partial charge in [-0.25, -0.2) is 8.42 Å². The summed E-state index contributed by atoms with van der Waals surface area (Å²) in [5, 5.41) is 0.931. The molecular weight excluding hydrogens is 341 g/mol. The third-order valence-corrected chi connectivity index (χ3v) is 7.49. The Hall–Kier alpha value is -0.280. The molecule has 4 nitrogen and oxygen atoms in total. The summed E-state index contributed by atoms with van der Waals surface area (Å²) in [7, 11) is -5.62. The van der Waals surface area contributed by atoms with Crippen LogP contribution < -0.4 is 0 Å². The highest BCUT2D eigenvalue weighted by molar-refractivity contribution is 7.98. The average Bonchev–Trinajstić information content (AvgIpc) is 2.87. The number of alkyl halides is 3. The summed E-state index contributed by atoms with van der Waals surface area (Å²) in [6.07, 6.45) is 11.2. The zero-order valence-corrected chi connectivity index (χ0v) is 13.8. The van der Waals surface area contributed by atoms with Crippen LogP contribution >= 0.6 is 0 Å². The van der Waals surface area contributed by atoms with E-state index in [1.165, 1.54) is 50.7 Å². The molecule has 22 heavy (non-hydrogen) atoms. The summed E-state index contributed by atoms with van der Waals surface area (Å²) in [4.78, 5) is 10.6. The maximum Gasteiger partial charge on any atom is 0.485 e. The van der Waals surface area contributed by atoms with Gasteiger partial charge < -0.3 is 4.55 Å². The first-order valence-corrected chi connectivity index (χ1v) is 10.3.